The molecule has 1 unspecified atom stereocenters. The van der Waals surface area contributed by atoms with Crippen molar-refractivity contribution in [1.29, 1.82) is 0 Å². The molecule has 1 aromatic carbocycles. The van der Waals surface area contributed by atoms with Crippen LogP contribution < -0.4 is 10.1 Å². The zero-order chi connectivity index (χ0) is 16.6. The molecule has 1 aliphatic heterocycles. The molecular weight excluding hydrogens is 297 g/mol. The lowest BCUT2D eigenvalue weighted by Gasteiger charge is -2.27. The van der Waals surface area contributed by atoms with Gasteiger partial charge in [0.2, 0.25) is 0 Å². The monoisotopic (exact) mass is 317 g/mol. The Morgan fingerprint density at radius 3 is 2.96 bits per heavy atom. The van der Waals surface area contributed by atoms with Crippen molar-refractivity contribution in [3.63, 3.8) is 0 Å². The summed E-state index contributed by atoms with van der Waals surface area (Å²) in [7, 11) is 0. The van der Waals surface area contributed by atoms with Crippen LogP contribution in [-0.2, 0) is 5.41 Å². The first-order valence-electron chi connectivity index (χ1n) is 7.63. The molecule has 2 heterocycles. The highest BCUT2D eigenvalue weighted by Crippen LogP contribution is 2.33. The van der Waals surface area contributed by atoms with Crippen LogP contribution in [0.5, 0.6) is 5.75 Å². The van der Waals surface area contributed by atoms with Crippen LogP contribution in [0.3, 0.4) is 0 Å². The van der Waals surface area contributed by atoms with Crippen molar-refractivity contribution in [3.8, 4) is 5.75 Å². The van der Waals surface area contributed by atoms with Gasteiger partial charge in [0.15, 0.2) is 0 Å². The number of aromatic nitrogens is 2. The third-order valence-corrected chi connectivity index (χ3v) is 3.92. The lowest BCUT2D eigenvalue weighted by Crippen LogP contribution is -2.34. The number of rotatable bonds is 2. The smallest absolute Gasteiger partial charge is 0.272 e. The minimum atomic E-state index is -0.344. The number of fused-ring (bicyclic) bond motifs is 1. The van der Waals surface area contributed by atoms with Crippen molar-refractivity contribution < 1.29 is 13.9 Å². The van der Waals surface area contributed by atoms with E-state index in [0.717, 1.165) is 5.69 Å². The number of imidazole rings is 1. The number of hydrogen-bond donors (Lipinski definition) is 2. The van der Waals surface area contributed by atoms with Gasteiger partial charge in [-0.1, -0.05) is 20.8 Å². The molecule has 0 aliphatic carbocycles. The Hall–Kier alpha value is -2.37. The zero-order valence-corrected chi connectivity index (χ0v) is 13.4. The maximum Gasteiger partial charge on any atom is 0.272 e. The van der Waals surface area contributed by atoms with Gasteiger partial charge >= 0.3 is 0 Å². The van der Waals surface area contributed by atoms with E-state index in [1.807, 2.05) is 20.8 Å². The molecule has 122 valence electrons. The van der Waals surface area contributed by atoms with E-state index in [4.69, 9.17) is 4.74 Å². The van der Waals surface area contributed by atoms with E-state index in [1.165, 1.54) is 18.5 Å². The Kier molecular flexibility index (Phi) is 3.83. The Morgan fingerprint density at radius 1 is 1.43 bits per heavy atom. The topological polar surface area (TPSA) is 67.0 Å². The van der Waals surface area contributed by atoms with Crippen LogP contribution in [-0.4, -0.2) is 22.5 Å². The molecule has 0 spiro atoms. The molecule has 6 heteroatoms. The number of aromatic amines is 1. The average Bonchev–Trinajstić information content (AvgIpc) is 2.97. The predicted molar refractivity (Wildman–Crippen MR) is 84.0 cm³/mol. The number of amides is 1. The Morgan fingerprint density at radius 2 is 2.22 bits per heavy atom. The summed E-state index contributed by atoms with van der Waals surface area (Å²) in [6.45, 7) is 6.51. The number of halogens is 1. The summed E-state index contributed by atoms with van der Waals surface area (Å²) < 4.78 is 19.0. The van der Waals surface area contributed by atoms with E-state index >= 15 is 0 Å². The SMILES string of the molecule is CC(C)(C)c1[nH]cnc1C(=O)NC1CCOc2ccc(F)cc21. The highest BCUT2D eigenvalue weighted by Gasteiger charge is 2.28. The summed E-state index contributed by atoms with van der Waals surface area (Å²) >= 11 is 0. The zero-order valence-electron chi connectivity index (χ0n) is 13.4. The van der Waals surface area contributed by atoms with E-state index < -0.39 is 0 Å². The highest BCUT2D eigenvalue weighted by molar-refractivity contribution is 5.94. The molecule has 0 fully saturated rings. The molecular formula is C17H20FN3O2. The second-order valence-electron chi connectivity index (χ2n) is 6.72. The fraction of sp³-hybridized carbons (Fsp3) is 0.412. The normalized spacial score (nSPS) is 17.3. The molecule has 3 rings (SSSR count). The van der Waals surface area contributed by atoms with Crippen LogP contribution in [0.25, 0.3) is 0 Å². The molecule has 1 aliphatic rings. The summed E-state index contributed by atoms with van der Waals surface area (Å²) in [5, 5.41) is 2.95. The summed E-state index contributed by atoms with van der Waals surface area (Å²) in [5.74, 6) is 0.00274. The second kappa shape index (κ2) is 5.68. The first-order chi connectivity index (χ1) is 10.9. The fourth-order valence-corrected chi connectivity index (χ4v) is 2.78. The maximum absolute atomic E-state index is 13.5. The molecule has 1 atom stereocenters. The van der Waals surface area contributed by atoms with E-state index in [1.54, 1.807) is 6.07 Å². The number of H-pyrrole nitrogens is 1. The van der Waals surface area contributed by atoms with Crippen LogP contribution in [0, 0.1) is 5.82 Å². The van der Waals surface area contributed by atoms with Crippen molar-refractivity contribution >= 4 is 5.91 Å². The number of nitrogens with zero attached hydrogens (tertiary/aromatic N) is 1. The Balaban J connectivity index is 1.85. The van der Waals surface area contributed by atoms with Crippen LogP contribution in [0.4, 0.5) is 4.39 Å². The quantitative estimate of drug-likeness (QED) is 0.894. The molecule has 0 saturated heterocycles. The van der Waals surface area contributed by atoms with Gasteiger partial charge in [-0.15, -0.1) is 0 Å². The third-order valence-electron chi connectivity index (χ3n) is 3.92. The highest BCUT2D eigenvalue weighted by atomic mass is 19.1. The molecule has 1 aromatic heterocycles. The van der Waals surface area contributed by atoms with Gasteiger partial charge in [0.25, 0.3) is 5.91 Å². The van der Waals surface area contributed by atoms with Gasteiger partial charge in [-0.25, -0.2) is 9.37 Å². The van der Waals surface area contributed by atoms with Crippen LogP contribution >= 0.6 is 0 Å². The molecule has 0 saturated carbocycles. The Labute approximate surface area is 134 Å². The molecule has 5 nitrogen and oxygen atoms in total. The van der Waals surface area contributed by atoms with Crippen molar-refractivity contribution in [2.75, 3.05) is 6.61 Å². The summed E-state index contributed by atoms with van der Waals surface area (Å²) in [6, 6.07) is 4.08. The molecule has 1 amide bonds. The molecule has 2 aromatic rings. The Bertz CT molecular complexity index is 734. The van der Waals surface area contributed by atoms with Gasteiger partial charge in [0.05, 0.1) is 24.7 Å². The van der Waals surface area contributed by atoms with E-state index in [2.05, 4.69) is 15.3 Å². The van der Waals surface area contributed by atoms with Gasteiger partial charge in [0, 0.05) is 17.4 Å². The van der Waals surface area contributed by atoms with Gasteiger partial charge in [-0.3, -0.25) is 4.79 Å². The molecule has 2 N–H and O–H groups in total. The van der Waals surface area contributed by atoms with E-state index in [9.17, 15) is 9.18 Å². The number of ether oxygens (including phenoxy) is 1. The average molecular weight is 317 g/mol. The minimum Gasteiger partial charge on any atom is -0.493 e. The number of hydrogen-bond acceptors (Lipinski definition) is 3. The fourth-order valence-electron chi connectivity index (χ4n) is 2.78. The number of benzene rings is 1. The predicted octanol–water partition coefficient (Wildman–Crippen LogP) is 3.10. The first kappa shape index (κ1) is 15.5. The summed E-state index contributed by atoms with van der Waals surface area (Å²) in [5.41, 5.74) is 1.60. The van der Waals surface area contributed by atoms with Crippen LogP contribution in [0.2, 0.25) is 0 Å². The van der Waals surface area contributed by atoms with Crippen molar-refractivity contribution in [2.24, 2.45) is 0 Å². The third kappa shape index (κ3) is 3.06. The van der Waals surface area contributed by atoms with Gasteiger partial charge < -0.3 is 15.0 Å². The van der Waals surface area contributed by atoms with Gasteiger partial charge in [-0.2, -0.15) is 0 Å². The van der Waals surface area contributed by atoms with Crippen molar-refractivity contribution in [2.45, 2.75) is 38.6 Å². The first-order valence-corrected chi connectivity index (χ1v) is 7.63. The molecule has 0 radical (unpaired) electrons. The van der Waals surface area contributed by atoms with Crippen molar-refractivity contribution in [1.82, 2.24) is 15.3 Å². The van der Waals surface area contributed by atoms with Crippen LogP contribution in [0.1, 0.15) is 55.0 Å². The standard InChI is InChI=1S/C17H20FN3O2/c1-17(2,3)15-14(19-9-20-15)16(22)21-12-6-7-23-13-5-4-10(18)8-11(12)13/h4-5,8-9,12H,6-7H2,1-3H3,(H,19,20)(H,21,22). The van der Waals surface area contributed by atoms with Crippen molar-refractivity contribution in [3.05, 3.63) is 47.3 Å². The maximum atomic E-state index is 13.5. The number of carbonyl (C=O) groups is 1. The second-order valence-corrected chi connectivity index (χ2v) is 6.72. The molecule has 0 bridgehead atoms. The molecule has 23 heavy (non-hydrogen) atoms. The summed E-state index contributed by atoms with van der Waals surface area (Å²) in [6.07, 6.45) is 2.12. The lowest BCUT2D eigenvalue weighted by molar-refractivity contribution is 0.0917. The van der Waals surface area contributed by atoms with Gasteiger partial charge in [-0.05, 0) is 18.2 Å². The number of nitrogens with one attached hydrogen (secondary N) is 2. The van der Waals surface area contributed by atoms with Gasteiger partial charge in [0.1, 0.15) is 17.3 Å². The van der Waals surface area contributed by atoms with Crippen LogP contribution in [0.15, 0.2) is 24.5 Å². The number of carbonyl (C=O) groups excluding carboxylic acids is 1. The lowest BCUT2D eigenvalue weighted by atomic mass is 9.90. The summed E-state index contributed by atoms with van der Waals surface area (Å²) in [4.78, 5) is 19.8. The minimum absolute atomic E-state index is 0.219. The largest absolute Gasteiger partial charge is 0.493 e. The van der Waals surface area contributed by atoms with E-state index in [-0.39, 0.29) is 23.2 Å². The van der Waals surface area contributed by atoms with E-state index in [0.29, 0.717) is 30.0 Å².